The summed E-state index contributed by atoms with van der Waals surface area (Å²) in [6, 6.07) is 0. The molecule has 0 aliphatic heterocycles. The molecule has 6 heteroatoms. The van der Waals surface area contributed by atoms with Gasteiger partial charge in [-0.2, -0.15) is 0 Å². The summed E-state index contributed by atoms with van der Waals surface area (Å²) in [5, 5.41) is 0. The van der Waals surface area contributed by atoms with Crippen LogP contribution in [-0.2, 0) is 18.6 Å². The van der Waals surface area contributed by atoms with Gasteiger partial charge in [-0.15, -0.1) is 0 Å². The van der Waals surface area contributed by atoms with Crippen LogP contribution < -0.4 is 0 Å². The van der Waals surface area contributed by atoms with Crippen molar-refractivity contribution in [3.05, 3.63) is 0 Å². The van der Waals surface area contributed by atoms with Gasteiger partial charge in [-0.1, -0.05) is 0 Å². The van der Waals surface area contributed by atoms with Crippen LogP contribution in [0, 0.1) is 0 Å². The molecule has 0 radical (unpaired) electrons. The Hall–Kier alpha value is 0.300. The van der Waals surface area contributed by atoms with Gasteiger partial charge in [-0.3, -0.25) is 0 Å². The van der Waals surface area contributed by atoms with Crippen molar-refractivity contribution in [3.8, 4) is 0 Å². The SMILES string of the molecule is CCOS(=O)(=O)OP(CC)(CC)(CC)CC. The third-order valence-electron chi connectivity index (χ3n) is 3.76. The van der Waals surface area contributed by atoms with E-state index in [4.69, 9.17) is 8.15 Å². The molecule has 16 heavy (non-hydrogen) atoms. The van der Waals surface area contributed by atoms with Crippen molar-refractivity contribution in [1.82, 2.24) is 0 Å². The fourth-order valence-electron chi connectivity index (χ4n) is 1.98. The van der Waals surface area contributed by atoms with E-state index >= 15 is 0 Å². The Kier molecular flexibility index (Phi) is 5.87. The monoisotopic (exact) mass is 272 g/mol. The van der Waals surface area contributed by atoms with Crippen LogP contribution in [0.3, 0.4) is 0 Å². The third-order valence-corrected chi connectivity index (χ3v) is 13.1. The standard InChI is InChI=1S/C10H25O4PS/c1-6-13-16(11,12)14-15(7-2,8-3,9-4)10-5/h6-10H2,1-5H3. The minimum absolute atomic E-state index is 0.121. The first-order valence-corrected chi connectivity index (χ1v) is 10.2. The molecule has 0 amide bonds. The zero-order valence-corrected chi connectivity index (χ0v) is 12.7. The fourth-order valence-corrected chi connectivity index (χ4v) is 8.87. The molecule has 0 aliphatic carbocycles. The van der Waals surface area contributed by atoms with Gasteiger partial charge in [0.05, 0.1) is 0 Å². The van der Waals surface area contributed by atoms with Gasteiger partial charge in [0, 0.05) is 0 Å². The van der Waals surface area contributed by atoms with Crippen molar-refractivity contribution >= 4 is 17.2 Å². The summed E-state index contributed by atoms with van der Waals surface area (Å²) in [7, 11) is -3.84. The Morgan fingerprint density at radius 1 is 0.875 bits per heavy atom. The number of hydrogen-bond acceptors (Lipinski definition) is 4. The van der Waals surface area contributed by atoms with Crippen molar-refractivity contribution in [2.24, 2.45) is 0 Å². The van der Waals surface area contributed by atoms with E-state index in [0.717, 1.165) is 24.6 Å². The molecule has 0 saturated heterocycles. The summed E-state index contributed by atoms with van der Waals surface area (Å²) in [5.41, 5.74) is 0. The molecule has 0 N–H and O–H groups in total. The molecule has 0 fully saturated rings. The van der Waals surface area contributed by atoms with Crippen molar-refractivity contribution in [2.45, 2.75) is 34.6 Å². The molecule has 0 unspecified atom stereocenters. The maximum absolute atomic E-state index is 11.7. The molecule has 0 saturated carbocycles. The molecule has 0 bridgehead atoms. The molecule has 0 aromatic heterocycles. The first-order chi connectivity index (χ1) is 7.32. The summed E-state index contributed by atoms with van der Waals surface area (Å²) in [6.45, 7) is 7.20. The maximum atomic E-state index is 11.7. The molecule has 0 aromatic carbocycles. The van der Waals surface area contributed by atoms with Gasteiger partial charge >= 0.3 is 99.7 Å². The van der Waals surface area contributed by atoms with E-state index < -0.39 is 17.2 Å². The Morgan fingerprint density at radius 3 is 1.50 bits per heavy atom. The Labute approximate surface area is 100 Å². The second-order valence-corrected chi connectivity index (χ2v) is 11.9. The molecule has 0 spiro atoms. The van der Waals surface area contributed by atoms with E-state index in [9.17, 15) is 8.42 Å². The summed E-state index contributed by atoms with van der Waals surface area (Å²) in [4.78, 5) is 0. The Bertz CT molecular complexity index is 285. The Morgan fingerprint density at radius 2 is 1.25 bits per heavy atom. The van der Waals surface area contributed by atoms with Gasteiger partial charge in [0.2, 0.25) is 0 Å². The van der Waals surface area contributed by atoms with Crippen LogP contribution in [0.25, 0.3) is 0 Å². The van der Waals surface area contributed by atoms with E-state index in [-0.39, 0.29) is 6.61 Å². The minimum atomic E-state index is -3.84. The van der Waals surface area contributed by atoms with Crippen LogP contribution in [0.2, 0.25) is 0 Å². The summed E-state index contributed by atoms with van der Waals surface area (Å²) in [6.07, 6.45) is 3.12. The topological polar surface area (TPSA) is 52.6 Å². The second kappa shape index (κ2) is 5.76. The predicted octanol–water partition coefficient (Wildman–Crippen LogP) is 2.83. The molecular formula is C10H25O4PS. The summed E-state index contributed by atoms with van der Waals surface area (Å²) < 4.78 is 33.6. The van der Waals surface area contributed by atoms with Crippen molar-refractivity contribution in [2.75, 3.05) is 31.3 Å². The van der Waals surface area contributed by atoms with Gasteiger partial charge in [0.15, 0.2) is 0 Å². The quantitative estimate of drug-likeness (QED) is 0.638. The molecule has 0 aromatic rings. The second-order valence-electron chi connectivity index (χ2n) is 4.01. The zero-order valence-electron chi connectivity index (χ0n) is 11.0. The first kappa shape index (κ1) is 16.3. The van der Waals surface area contributed by atoms with E-state index in [0.29, 0.717) is 0 Å². The first-order valence-electron chi connectivity index (χ1n) is 5.94. The van der Waals surface area contributed by atoms with Crippen LogP contribution in [0.1, 0.15) is 34.6 Å². The van der Waals surface area contributed by atoms with Gasteiger partial charge in [0.25, 0.3) is 0 Å². The third kappa shape index (κ3) is 3.39. The molecule has 0 rings (SSSR count). The van der Waals surface area contributed by atoms with Gasteiger partial charge < -0.3 is 0 Å². The fraction of sp³-hybridized carbons (Fsp3) is 1.00. The van der Waals surface area contributed by atoms with E-state index in [1.165, 1.54) is 0 Å². The van der Waals surface area contributed by atoms with E-state index in [1.54, 1.807) is 6.92 Å². The number of hydrogen-bond donors (Lipinski definition) is 0. The molecule has 4 nitrogen and oxygen atoms in total. The predicted molar refractivity (Wildman–Crippen MR) is 70.7 cm³/mol. The van der Waals surface area contributed by atoms with Crippen LogP contribution >= 0.6 is 6.83 Å². The van der Waals surface area contributed by atoms with Crippen LogP contribution in [-0.4, -0.2) is 39.7 Å². The average Bonchev–Trinajstić information content (AvgIpc) is 2.27. The summed E-state index contributed by atoms with van der Waals surface area (Å²) in [5.74, 6) is 0. The van der Waals surface area contributed by atoms with E-state index in [2.05, 4.69) is 0 Å². The molecule has 100 valence electrons. The van der Waals surface area contributed by atoms with Gasteiger partial charge in [-0.25, -0.2) is 0 Å². The van der Waals surface area contributed by atoms with Gasteiger partial charge in [0.1, 0.15) is 0 Å². The summed E-state index contributed by atoms with van der Waals surface area (Å²) >= 11 is 0. The van der Waals surface area contributed by atoms with Crippen molar-refractivity contribution in [1.29, 1.82) is 0 Å². The van der Waals surface area contributed by atoms with Crippen LogP contribution in [0.15, 0.2) is 0 Å². The van der Waals surface area contributed by atoms with Crippen LogP contribution in [0.5, 0.6) is 0 Å². The van der Waals surface area contributed by atoms with Crippen LogP contribution in [0.4, 0.5) is 0 Å². The molecule has 0 heterocycles. The molecule has 0 aliphatic rings. The molecule has 0 atom stereocenters. The molecular weight excluding hydrogens is 247 g/mol. The Balaban J connectivity index is 5.24. The zero-order chi connectivity index (χ0) is 12.9. The van der Waals surface area contributed by atoms with Gasteiger partial charge in [-0.05, 0) is 0 Å². The number of rotatable bonds is 8. The average molecular weight is 272 g/mol. The van der Waals surface area contributed by atoms with E-state index in [1.807, 2.05) is 27.7 Å². The van der Waals surface area contributed by atoms with Crippen molar-refractivity contribution < 1.29 is 16.6 Å². The normalized spacial score (nSPS) is 15.7. The van der Waals surface area contributed by atoms with Crippen molar-refractivity contribution in [3.63, 3.8) is 0 Å².